The minimum Gasteiger partial charge on any atom is -0.497 e. The molecule has 0 aliphatic carbocycles. The Labute approximate surface area is 105 Å². The predicted octanol–water partition coefficient (Wildman–Crippen LogP) is 1.52. The summed E-state index contributed by atoms with van der Waals surface area (Å²) in [5, 5.41) is 3.90. The van der Waals surface area contributed by atoms with Crippen LogP contribution in [0.3, 0.4) is 0 Å². The molecular weight excluding hydrogens is 234 g/mol. The van der Waals surface area contributed by atoms with E-state index in [1.54, 1.807) is 20.3 Å². The largest absolute Gasteiger partial charge is 0.497 e. The zero-order valence-corrected chi connectivity index (χ0v) is 10.6. The number of nitrogens with zero attached hydrogens (tertiary/aromatic N) is 2. The Bertz CT molecular complexity index is 551. The molecule has 0 atom stereocenters. The number of rotatable bonds is 4. The van der Waals surface area contributed by atoms with Crippen molar-refractivity contribution in [2.24, 2.45) is 5.73 Å². The Morgan fingerprint density at radius 2 is 2.06 bits per heavy atom. The van der Waals surface area contributed by atoms with E-state index in [2.05, 4.69) is 10.1 Å². The van der Waals surface area contributed by atoms with Crippen molar-refractivity contribution in [2.75, 3.05) is 14.2 Å². The van der Waals surface area contributed by atoms with Gasteiger partial charge in [-0.05, 0) is 18.6 Å². The fourth-order valence-corrected chi connectivity index (χ4v) is 1.73. The minimum absolute atomic E-state index is 0.213. The summed E-state index contributed by atoms with van der Waals surface area (Å²) in [6.45, 7) is 2.14. The first-order valence-corrected chi connectivity index (χ1v) is 5.45. The molecule has 0 unspecified atom stereocenters. The molecule has 0 amide bonds. The van der Waals surface area contributed by atoms with Crippen molar-refractivity contribution < 1.29 is 14.0 Å². The summed E-state index contributed by atoms with van der Waals surface area (Å²) >= 11 is 0. The molecule has 2 N–H and O–H groups in total. The second-order valence-electron chi connectivity index (χ2n) is 3.74. The fourth-order valence-electron chi connectivity index (χ4n) is 1.73. The van der Waals surface area contributed by atoms with Crippen molar-refractivity contribution in [2.45, 2.75) is 13.5 Å². The normalized spacial score (nSPS) is 10.4. The number of benzene rings is 1. The molecule has 6 nitrogen and oxygen atoms in total. The van der Waals surface area contributed by atoms with Crippen LogP contribution in [0.25, 0.3) is 11.4 Å². The van der Waals surface area contributed by atoms with Crippen LogP contribution in [0.15, 0.2) is 16.7 Å². The van der Waals surface area contributed by atoms with Crippen LogP contribution in [0.2, 0.25) is 0 Å². The highest BCUT2D eigenvalue weighted by Gasteiger charge is 2.17. The maximum atomic E-state index is 5.45. The lowest BCUT2D eigenvalue weighted by atomic mass is 10.1. The standard InChI is InChI=1S/C12H15N3O3/c1-7-4-8(16-2)5-9(17-3)11(7)12-14-10(6-13)18-15-12/h4-5H,6,13H2,1-3H3. The van der Waals surface area contributed by atoms with E-state index in [1.807, 2.05) is 13.0 Å². The van der Waals surface area contributed by atoms with Crippen LogP contribution >= 0.6 is 0 Å². The summed E-state index contributed by atoms with van der Waals surface area (Å²) < 4.78 is 15.5. The fraction of sp³-hybridized carbons (Fsp3) is 0.333. The number of methoxy groups -OCH3 is 2. The van der Waals surface area contributed by atoms with Crippen molar-refractivity contribution in [3.63, 3.8) is 0 Å². The summed E-state index contributed by atoms with van der Waals surface area (Å²) in [5.41, 5.74) is 7.17. The Morgan fingerprint density at radius 1 is 1.28 bits per heavy atom. The van der Waals surface area contributed by atoms with Crippen LogP contribution in [-0.4, -0.2) is 24.4 Å². The van der Waals surface area contributed by atoms with Gasteiger partial charge in [-0.3, -0.25) is 0 Å². The second-order valence-corrected chi connectivity index (χ2v) is 3.74. The van der Waals surface area contributed by atoms with Crippen molar-refractivity contribution in [3.8, 4) is 22.9 Å². The maximum absolute atomic E-state index is 5.45. The van der Waals surface area contributed by atoms with Gasteiger partial charge in [0.2, 0.25) is 11.7 Å². The molecule has 96 valence electrons. The van der Waals surface area contributed by atoms with Crippen molar-refractivity contribution in [1.82, 2.24) is 10.1 Å². The molecule has 1 aromatic carbocycles. The third-order valence-electron chi connectivity index (χ3n) is 2.59. The summed E-state index contributed by atoms with van der Waals surface area (Å²) in [7, 11) is 3.19. The van der Waals surface area contributed by atoms with Gasteiger partial charge in [-0.25, -0.2) is 0 Å². The lowest BCUT2D eigenvalue weighted by Crippen LogP contribution is -1.97. The summed E-state index contributed by atoms with van der Waals surface area (Å²) in [6.07, 6.45) is 0. The van der Waals surface area contributed by atoms with Gasteiger partial charge >= 0.3 is 0 Å². The van der Waals surface area contributed by atoms with E-state index in [4.69, 9.17) is 19.7 Å². The lowest BCUT2D eigenvalue weighted by Gasteiger charge is -2.10. The van der Waals surface area contributed by atoms with Gasteiger partial charge in [0.15, 0.2) is 0 Å². The van der Waals surface area contributed by atoms with Crippen LogP contribution < -0.4 is 15.2 Å². The number of aryl methyl sites for hydroxylation is 1. The Morgan fingerprint density at radius 3 is 2.61 bits per heavy atom. The zero-order chi connectivity index (χ0) is 13.1. The summed E-state index contributed by atoms with van der Waals surface area (Å²) in [5.74, 6) is 2.21. The number of hydrogen-bond acceptors (Lipinski definition) is 6. The number of nitrogens with two attached hydrogens (primary N) is 1. The highest BCUT2D eigenvalue weighted by molar-refractivity contribution is 5.69. The predicted molar refractivity (Wildman–Crippen MR) is 65.5 cm³/mol. The van der Waals surface area contributed by atoms with Gasteiger partial charge in [0, 0.05) is 6.07 Å². The SMILES string of the molecule is COc1cc(C)c(-c2noc(CN)n2)c(OC)c1. The molecule has 0 radical (unpaired) electrons. The molecule has 6 heteroatoms. The molecule has 1 heterocycles. The van der Waals surface area contributed by atoms with Crippen molar-refractivity contribution >= 4 is 0 Å². The van der Waals surface area contributed by atoms with Gasteiger partial charge < -0.3 is 19.7 Å². The molecule has 1 aromatic heterocycles. The number of aromatic nitrogens is 2. The Hall–Kier alpha value is -2.08. The van der Waals surface area contributed by atoms with Gasteiger partial charge in [0.05, 0.1) is 26.3 Å². The topological polar surface area (TPSA) is 83.4 Å². The molecule has 0 spiro atoms. The van der Waals surface area contributed by atoms with Crippen LogP contribution in [-0.2, 0) is 6.54 Å². The number of ether oxygens (including phenoxy) is 2. The quantitative estimate of drug-likeness (QED) is 0.884. The van der Waals surface area contributed by atoms with Gasteiger partial charge in [-0.1, -0.05) is 5.16 Å². The van der Waals surface area contributed by atoms with Crippen molar-refractivity contribution in [1.29, 1.82) is 0 Å². The highest BCUT2D eigenvalue weighted by Crippen LogP contribution is 2.35. The molecule has 0 fully saturated rings. The van der Waals surface area contributed by atoms with Crippen LogP contribution in [0.4, 0.5) is 0 Å². The van der Waals surface area contributed by atoms with Crippen molar-refractivity contribution in [3.05, 3.63) is 23.6 Å². The van der Waals surface area contributed by atoms with E-state index in [-0.39, 0.29) is 6.54 Å². The smallest absolute Gasteiger partial charge is 0.240 e. The van der Waals surface area contributed by atoms with E-state index >= 15 is 0 Å². The van der Waals surface area contributed by atoms with E-state index in [0.717, 1.165) is 16.9 Å². The second kappa shape index (κ2) is 5.05. The van der Waals surface area contributed by atoms with Gasteiger partial charge in [0.1, 0.15) is 11.5 Å². The molecule has 0 bridgehead atoms. The first-order chi connectivity index (χ1) is 8.69. The van der Waals surface area contributed by atoms with Gasteiger partial charge in [0.25, 0.3) is 0 Å². The Kier molecular flexibility index (Phi) is 3.47. The maximum Gasteiger partial charge on any atom is 0.240 e. The number of hydrogen-bond donors (Lipinski definition) is 1. The molecule has 0 saturated heterocycles. The zero-order valence-electron chi connectivity index (χ0n) is 10.6. The van der Waals surface area contributed by atoms with E-state index in [1.165, 1.54) is 0 Å². The average molecular weight is 249 g/mol. The molecular formula is C12H15N3O3. The molecule has 2 aromatic rings. The van der Waals surface area contributed by atoms with Gasteiger partial charge in [-0.2, -0.15) is 4.98 Å². The molecule has 18 heavy (non-hydrogen) atoms. The molecule has 0 aliphatic rings. The molecule has 2 rings (SSSR count). The van der Waals surface area contributed by atoms with Crippen LogP contribution in [0, 0.1) is 6.92 Å². The minimum atomic E-state index is 0.213. The monoisotopic (exact) mass is 249 g/mol. The Balaban J connectivity index is 2.55. The van der Waals surface area contributed by atoms with E-state index in [0.29, 0.717) is 17.5 Å². The third kappa shape index (κ3) is 2.14. The first-order valence-electron chi connectivity index (χ1n) is 5.45. The third-order valence-corrected chi connectivity index (χ3v) is 2.59. The lowest BCUT2D eigenvalue weighted by molar-refractivity contribution is 0.379. The van der Waals surface area contributed by atoms with E-state index in [9.17, 15) is 0 Å². The summed E-state index contributed by atoms with van der Waals surface area (Å²) in [4.78, 5) is 4.20. The van der Waals surface area contributed by atoms with E-state index < -0.39 is 0 Å². The average Bonchev–Trinajstić information content (AvgIpc) is 2.85. The molecule has 0 saturated carbocycles. The first kappa shape index (κ1) is 12.4. The highest BCUT2D eigenvalue weighted by atomic mass is 16.5. The summed E-state index contributed by atoms with van der Waals surface area (Å²) in [6, 6.07) is 3.66. The molecule has 0 aliphatic heterocycles. The van der Waals surface area contributed by atoms with Crippen LogP contribution in [0.1, 0.15) is 11.5 Å². The van der Waals surface area contributed by atoms with Crippen LogP contribution in [0.5, 0.6) is 11.5 Å². The van der Waals surface area contributed by atoms with Gasteiger partial charge in [-0.15, -0.1) is 0 Å².